The molecule has 0 bridgehead atoms. The molecule has 0 amide bonds. The zero-order valence-electron chi connectivity index (χ0n) is 11.7. The number of nitrogens with zero attached hydrogens (tertiary/aromatic N) is 3. The molecule has 3 aromatic rings. The number of oxazole rings is 1. The molecule has 5 nitrogen and oxygen atoms in total. The molecule has 0 saturated heterocycles. The van der Waals surface area contributed by atoms with Crippen molar-refractivity contribution >= 4 is 0 Å². The van der Waals surface area contributed by atoms with Crippen molar-refractivity contribution in [1.29, 1.82) is 0 Å². The molecule has 0 radical (unpaired) electrons. The highest BCUT2D eigenvalue weighted by Crippen LogP contribution is 2.52. The number of hydrogen-bond donors (Lipinski definition) is 0. The Balaban J connectivity index is 1.60. The van der Waals surface area contributed by atoms with E-state index in [1.165, 1.54) is 5.56 Å². The Hall–Kier alpha value is -2.43. The minimum absolute atomic E-state index is 0.0795. The van der Waals surface area contributed by atoms with Crippen LogP contribution in [0.2, 0.25) is 0 Å². The molecule has 1 saturated carbocycles. The van der Waals surface area contributed by atoms with Crippen LogP contribution in [-0.2, 0) is 11.8 Å². The maximum Gasteiger partial charge on any atom is 0.237 e. The van der Waals surface area contributed by atoms with Crippen molar-refractivity contribution in [2.75, 3.05) is 0 Å². The maximum atomic E-state index is 5.50. The van der Waals surface area contributed by atoms with E-state index in [0.717, 1.165) is 18.6 Å². The predicted octanol–water partition coefficient (Wildman–Crippen LogP) is 3.04. The van der Waals surface area contributed by atoms with Crippen molar-refractivity contribution < 1.29 is 8.94 Å². The van der Waals surface area contributed by atoms with Gasteiger partial charge in [-0.05, 0) is 18.4 Å². The summed E-state index contributed by atoms with van der Waals surface area (Å²) in [7, 11) is 0. The molecule has 1 aliphatic rings. The summed E-state index contributed by atoms with van der Waals surface area (Å²) in [4.78, 5) is 8.64. The van der Waals surface area contributed by atoms with Crippen LogP contribution in [0.4, 0.5) is 0 Å². The molecule has 1 fully saturated rings. The molecule has 1 aliphatic carbocycles. The summed E-state index contributed by atoms with van der Waals surface area (Å²) in [5.74, 6) is 2.75. The van der Waals surface area contributed by atoms with Crippen LogP contribution in [0, 0.1) is 6.92 Å². The van der Waals surface area contributed by atoms with Crippen LogP contribution in [-0.4, -0.2) is 15.1 Å². The van der Waals surface area contributed by atoms with Gasteiger partial charge in [-0.25, -0.2) is 4.98 Å². The molecule has 21 heavy (non-hydrogen) atoms. The quantitative estimate of drug-likeness (QED) is 0.735. The number of aryl methyl sites for hydroxylation is 1. The van der Waals surface area contributed by atoms with Gasteiger partial charge >= 0.3 is 0 Å². The van der Waals surface area contributed by atoms with E-state index in [-0.39, 0.29) is 5.41 Å². The van der Waals surface area contributed by atoms with Gasteiger partial charge in [0.05, 0.1) is 18.0 Å². The van der Waals surface area contributed by atoms with E-state index < -0.39 is 0 Å². The topological polar surface area (TPSA) is 65.0 Å². The molecule has 5 heteroatoms. The zero-order valence-corrected chi connectivity index (χ0v) is 11.7. The SMILES string of the molecule is Cc1ncc(Cc2noc(C3(c4ccccc4)CC3)n2)o1. The smallest absolute Gasteiger partial charge is 0.237 e. The lowest BCUT2D eigenvalue weighted by molar-refractivity contribution is 0.355. The zero-order chi connectivity index (χ0) is 14.3. The third kappa shape index (κ3) is 2.14. The van der Waals surface area contributed by atoms with Crippen molar-refractivity contribution in [3.8, 4) is 0 Å². The summed E-state index contributed by atoms with van der Waals surface area (Å²) < 4.78 is 11.0. The van der Waals surface area contributed by atoms with E-state index in [1.807, 2.05) is 25.1 Å². The van der Waals surface area contributed by atoms with Crippen LogP contribution in [0.1, 0.15) is 41.8 Å². The third-order valence-electron chi connectivity index (χ3n) is 3.96. The number of aromatic nitrogens is 3. The number of hydrogen-bond acceptors (Lipinski definition) is 5. The van der Waals surface area contributed by atoms with Gasteiger partial charge < -0.3 is 8.94 Å². The molecule has 2 heterocycles. The first-order valence-electron chi connectivity index (χ1n) is 7.06. The lowest BCUT2D eigenvalue weighted by Crippen LogP contribution is -2.09. The Morgan fingerprint density at radius 1 is 1.19 bits per heavy atom. The molecule has 0 unspecified atom stereocenters. The summed E-state index contributed by atoms with van der Waals surface area (Å²) in [5.41, 5.74) is 1.17. The van der Waals surface area contributed by atoms with Gasteiger partial charge in [-0.15, -0.1) is 0 Å². The van der Waals surface area contributed by atoms with Gasteiger partial charge in [-0.2, -0.15) is 4.98 Å². The summed E-state index contributed by atoms with van der Waals surface area (Å²) in [6.07, 6.45) is 4.32. The largest absolute Gasteiger partial charge is 0.446 e. The molecule has 1 aromatic carbocycles. The van der Waals surface area contributed by atoms with E-state index in [1.54, 1.807) is 6.20 Å². The Labute approximate surface area is 122 Å². The molecule has 2 aromatic heterocycles. The van der Waals surface area contributed by atoms with Crippen molar-refractivity contribution in [2.45, 2.75) is 31.6 Å². The highest BCUT2D eigenvalue weighted by atomic mass is 16.5. The van der Waals surface area contributed by atoms with Crippen LogP contribution in [0.15, 0.2) is 45.5 Å². The number of benzene rings is 1. The van der Waals surface area contributed by atoms with Gasteiger partial charge in [0, 0.05) is 6.92 Å². The van der Waals surface area contributed by atoms with E-state index in [9.17, 15) is 0 Å². The van der Waals surface area contributed by atoms with E-state index in [2.05, 4.69) is 27.3 Å². The molecule has 0 aliphatic heterocycles. The molecule has 4 rings (SSSR count). The normalized spacial score (nSPS) is 16.0. The van der Waals surface area contributed by atoms with Gasteiger partial charge in [0.25, 0.3) is 0 Å². The van der Waals surface area contributed by atoms with Crippen molar-refractivity contribution in [3.63, 3.8) is 0 Å². The first-order chi connectivity index (χ1) is 10.3. The van der Waals surface area contributed by atoms with Crippen LogP contribution in [0.25, 0.3) is 0 Å². The van der Waals surface area contributed by atoms with Gasteiger partial charge in [0.15, 0.2) is 11.7 Å². The Morgan fingerprint density at radius 2 is 2.00 bits per heavy atom. The molecular formula is C16H15N3O2. The molecule has 0 spiro atoms. The molecule has 0 N–H and O–H groups in total. The second-order valence-electron chi connectivity index (χ2n) is 5.49. The lowest BCUT2D eigenvalue weighted by Gasteiger charge is -2.09. The molecule has 106 valence electrons. The van der Waals surface area contributed by atoms with E-state index in [0.29, 0.717) is 24.0 Å². The van der Waals surface area contributed by atoms with Crippen LogP contribution in [0.5, 0.6) is 0 Å². The summed E-state index contributed by atoms with van der Waals surface area (Å²) in [5, 5.41) is 4.08. The Kier molecular flexibility index (Phi) is 2.67. The van der Waals surface area contributed by atoms with Crippen molar-refractivity contribution in [1.82, 2.24) is 15.1 Å². The average Bonchev–Trinajstić information content (AvgIpc) is 3.02. The average molecular weight is 281 g/mol. The second kappa shape index (κ2) is 4.55. The van der Waals surface area contributed by atoms with E-state index in [4.69, 9.17) is 8.94 Å². The lowest BCUT2D eigenvalue weighted by atomic mass is 9.96. The Bertz CT molecular complexity index is 757. The fourth-order valence-electron chi connectivity index (χ4n) is 2.67. The van der Waals surface area contributed by atoms with Crippen LogP contribution < -0.4 is 0 Å². The van der Waals surface area contributed by atoms with Crippen molar-refractivity contribution in [2.24, 2.45) is 0 Å². The minimum Gasteiger partial charge on any atom is -0.446 e. The van der Waals surface area contributed by atoms with Gasteiger partial charge in [0.2, 0.25) is 5.89 Å². The predicted molar refractivity (Wildman–Crippen MR) is 74.8 cm³/mol. The van der Waals surface area contributed by atoms with Gasteiger partial charge in [-0.3, -0.25) is 0 Å². The van der Waals surface area contributed by atoms with Gasteiger partial charge in [-0.1, -0.05) is 35.5 Å². The highest BCUT2D eigenvalue weighted by Gasteiger charge is 2.50. The molecular weight excluding hydrogens is 266 g/mol. The van der Waals surface area contributed by atoms with Crippen molar-refractivity contribution in [3.05, 3.63) is 65.5 Å². The summed E-state index contributed by atoms with van der Waals surface area (Å²) in [6, 6.07) is 10.4. The second-order valence-corrected chi connectivity index (χ2v) is 5.49. The summed E-state index contributed by atoms with van der Waals surface area (Å²) in [6.45, 7) is 1.82. The number of rotatable bonds is 4. The minimum atomic E-state index is -0.0795. The van der Waals surface area contributed by atoms with E-state index >= 15 is 0 Å². The standard InChI is InChI=1S/C16H15N3O2/c1-11-17-10-13(20-11)9-14-18-15(21-19-14)16(7-8-16)12-5-3-2-4-6-12/h2-6,10H,7-9H2,1H3. The Morgan fingerprint density at radius 3 is 2.67 bits per heavy atom. The van der Waals surface area contributed by atoms with Crippen LogP contribution >= 0.6 is 0 Å². The monoisotopic (exact) mass is 281 g/mol. The van der Waals surface area contributed by atoms with Crippen LogP contribution in [0.3, 0.4) is 0 Å². The first kappa shape index (κ1) is 12.3. The fraction of sp³-hybridized carbons (Fsp3) is 0.312. The first-order valence-corrected chi connectivity index (χ1v) is 7.06. The highest BCUT2D eigenvalue weighted by molar-refractivity contribution is 5.38. The third-order valence-corrected chi connectivity index (χ3v) is 3.96. The fourth-order valence-corrected chi connectivity index (χ4v) is 2.67. The molecule has 0 atom stereocenters. The summed E-state index contributed by atoms with van der Waals surface area (Å²) >= 11 is 0. The van der Waals surface area contributed by atoms with Gasteiger partial charge in [0.1, 0.15) is 5.76 Å². The maximum absolute atomic E-state index is 5.50.